The van der Waals surface area contributed by atoms with Gasteiger partial charge in [0.25, 0.3) is 5.91 Å². The van der Waals surface area contributed by atoms with Crippen molar-refractivity contribution in [2.45, 2.75) is 23.1 Å². The van der Waals surface area contributed by atoms with Gasteiger partial charge >= 0.3 is 0 Å². The van der Waals surface area contributed by atoms with Crippen molar-refractivity contribution in [3.05, 3.63) is 65.5 Å². The van der Waals surface area contributed by atoms with Crippen molar-refractivity contribution < 1.29 is 13.9 Å². The highest BCUT2D eigenvalue weighted by Gasteiger charge is 2.17. The van der Waals surface area contributed by atoms with E-state index in [-0.39, 0.29) is 11.7 Å². The van der Waals surface area contributed by atoms with Crippen LogP contribution in [0.5, 0.6) is 5.75 Å². The second-order valence-electron chi connectivity index (χ2n) is 5.67. The molecule has 0 aliphatic heterocycles. The van der Waals surface area contributed by atoms with Crippen molar-refractivity contribution >= 4 is 34.1 Å². The summed E-state index contributed by atoms with van der Waals surface area (Å²) in [4.78, 5) is 12.2. The lowest BCUT2D eigenvalue weighted by Gasteiger charge is -2.13. The van der Waals surface area contributed by atoms with Gasteiger partial charge in [0.15, 0.2) is 10.4 Å². The smallest absolute Gasteiger partial charge is 0.266 e. The standard InChI is InChI=1S/C19H15FN4O2S2/c1-12(26-16-8-6-15(20)7-9-16)17(25)22-18-23-24-19(28-18)27-11-14-4-2-13(10-21)3-5-14/h2-9,12H,11H2,1H3,(H,22,23,25). The zero-order chi connectivity index (χ0) is 19.9. The van der Waals surface area contributed by atoms with Gasteiger partial charge in [-0.25, -0.2) is 4.39 Å². The second kappa shape index (κ2) is 9.30. The van der Waals surface area contributed by atoms with E-state index in [0.717, 1.165) is 5.56 Å². The van der Waals surface area contributed by atoms with Gasteiger partial charge in [-0.15, -0.1) is 10.2 Å². The quantitative estimate of drug-likeness (QED) is 0.459. The normalized spacial score (nSPS) is 11.5. The van der Waals surface area contributed by atoms with E-state index in [1.807, 2.05) is 12.1 Å². The van der Waals surface area contributed by atoms with Crippen LogP contribution in [0.4, 0.5) is 9.52 Å². The van der Waals surface area contributed by atoms with Crippen LogP contribution < -0.4 is 10.1 Å². The van der Waals surface area contributed by atoms with Crippen molar-refractivity contribution in [2.24, 2.45) is 0 Å². The highest BCUT2D eigenvalue weighted by Crippen LogP contribution is 2.28. The number of halogens is 1. The molecule has 3 aromatic rings. The van der Waals surface area contributed by atoms with E-state index in [1.165, 1.54) is 47.4 Å². The van der Waals surface area contributed by atoms with Gasteiger partial charge in [0.1, 0.15) is 11.6 Å². The van der Waals surface area contributed by atoms with Crippen molar-refractivity contribution in [1.29, 1.82) is 5.26 Å². The number of ether oxygens (including phenoxy) is 1. The molecule has 1 amide bonds. The van der Waals surface area contributed by atoms with Gasteiger partial charge in [-0.1, -0.05) is 35.2 Å². The lowest BCUT2D eigenvalue weighted by Crippen LogP contribution is -2.30. The summed E-state index contributed by atoms with van der Waals surface area (Å²) in [6.07, 6.45) is -0.774. The molecule has 1 heterocycles. The number of carbonyl (C=O) groups is 1. The summed E-state index contributed by atoms with van der Waals surface area (Å²) in [5, 5.41) is 19.9. The first kappa shape index (κ1) is 19.8. The maximum atomic E-state index is 12.9. The molecule has 0 fully saturated rings. The summed E-state index contributed by atoms with van der Waals surface area (Å²) in [6.45, 7) is 1.60. The molecule has 0 bridgehead atoms. The molecule has 0 saturated carbocycles. The summed E-state index contributed by atoms with van der Waals surface area (Å²) in [7, 11) is 0. The third kappa shape index (κ3) is 5.52. The maximum Gasteiger partial charge on any atom is 0.266 e. The lowest BCUT2D eigenvalue weighted by molar-refractivity contribution is -0.122. The number of nitrogens with one attached hydrogen (secondary N) is 1. The number of aromatic nitrogens is 2. The number of thioether (sulfide) groups is 1. The van der Waals surface area contributed by atoms with Crippen LogP contribution in [0.2, 0.25) is 0 Å². The zero-order valence-corrected chi connectivity index (χ0v) is 16.4. The van der Waals surface area contributed by atoms with E-state index in [4.69, 9.17) is 10.00 Å². The van der Waals surface area contributed by atoms with E-state index < -0.39 is 6.10 Å². The molecule has 2 aromatic carbocycles. The largest absolute Gasteiger partial charge is 0.481 e. The van der Waals surface area contributed by atoms with Crippen LogP contribution >= 0.6 is 23.1 Å². The lowest BCUT2D eigenvalue weighted by atomic mass is 10.2. The summed E-state index contributed by atoms with van der Waals surface area (Å²) >= 11 is 2.76. The molecule has 1 unspecified atom stereocenters. The monoisotopic (exact) mass is 414 g/mol. The third-order valence-electron chi connectivity index (χ3n) is 3.58. The number of nitriles is 1. The molecule has 142 valence electrons. The molecule has 0 saturated heterocycles. The predicted octanol–water partition coefficient (Wildman–Crippen LogP) is 4.25. The minimum atomic E-state index is -0.774. The van der Waals surface area contributed by atoms with Crippen LogP contribution in [0, 0.1) is 17.1 Å². The minimum absolute atomic E-state index is 0.371. The molecular weight excluding hydrogens is 399 g/mol. The van der Waals surface area contributed by atoms with Gasteiger partial charge in [-0.3, -0.25) is 10.1 Å². The Hall–Kier alpha value is -2.96. The highest BCUT2D eigenvalue weighted by atomic mass is 32.2. The fourth-order valence-corrected chi connectivity index (χ4v) is 3.83. The average molecular weight is 414 g/mol. The van der Waals surface area contributed by atoms with Gasteiger partial charge in [-0.05, 0) is 48.9 Å². The third-order valence-corrected chi connectivity index (χ3v) is 5.62. The van der Waals surface area contributed by atoms with Crippen LogP contribution in [0.25, 0.3) is 0 Å². The van der Waals surface area contributed by atoms with Crippen molar-refractivity contribution in [3.8, 4) is 11.8 Å². The molecule has 28 heavy (non-hydrogen) atoms. The molecule has 0 aliphatic carbocycles. The number of amides is 1. The van der Waals surface area contributed by atoms with E-state index in [1.54, 1.807) is 19.1 Å². The Bertz CT molecular complexity index is 984. The minimum Gasteiger partial charge on any atom is -0.481 e. The van der Waals surface area contributed by atoms with E-state index in [2.05, 4.69) is 21.6 Å². The van der Waals surface area contributed by atoms with Crippen LogP contribution in [0.15, 0.2) is 52.9 Å². The van der Waals surface area contributed by atoms with Gasteiger partial charge in [0.05, 0.1) is 11.6 Å². The van der Waals surface area contributed by atoms with E-state index >= 15 is 0 Å². The molecule has 3 rings (SSSR count). The van der Waals surface area contributed by atoms with Crippen LogP contribution in [0.3, 0.4) is 0 Å². The van der Waals surface area contributed by atoms with Gasteiger partial charge < -0.3 is 4.74 Å². The molecule has 0 aliphatic rings. The van der Waals surface area contributed by atoms with Crippen molar-refractivity contribution in [2.75, 3.05) is 5.32 Å². The summed E-state index contributed by atoms with van der Waals surface area (Å²) in [6, 6.07) is 14.9. The van der Waals surface area contributed by atoms with Crippen LogP contribution in [-0.2, 0) is 10.5 Å². The molecular formula is C19H15FN4O2S2. The Labute approximate surface area is 169 Å². The van der Waals surface area contributed by atoms with Crippen molar-refractivity contribution in [1.82, 2.24) is 10.2 Å². The summed E-state index contributed by atoms with van der Waals surface area (Å²) < 4.78 is 19.1. The number of hydrogen-bond donors (Lipinski definition) is 1. The number of benzene rings is 2. The fourth-order valence-electron chi connectivity index (χ4n) is 2.12. The number of hydrogen-bond acceptors (Lipinski definition) is 7. The summed E-state index contributed by atoms with van der Waals surface area (Å²) in [5.74, 6) is 0.340. The van der Waals surface area contributed by atoms with Crippen molar-refractivity contribution in [3.63, 3.8) is 0 Å². The molecule has 9 heteroatoms. The first-order valence-corrected chi connectivity index (χ1v) is 10.0. The van der Waals surface area contributed by atoms with Crippen LogP contribution in [0.1, 0.15) is 18.1 Å². The first-order valence-electron chi connectivity index (χ1n) is 8.22. The fraction of sp³-hybridized carbons (Fsp3) is 0.158. The number of rotatable bonds is 7. The number of anilines is 1. The first-order chi connectivity index (χ1) is 13.5. The average Bonchev–Trinajstić information content (AvgIpc) is 3.15. The molecule has 6 nitrogen and oxygen atoms in total. The Kier molecular flexibility index (Phi) is 6.57. The Morgan fingerprint density at radius 1 is 1.25 bits per heavy atom. The zero-order valence-electron chi connectivity index (χ0n) is 14.8. The van der Waals surface area contributed by atoms with Crippen LogP contribution in [-0.4, -0.2) is 22.2 Å². The van der Waals surface area contributed by atoms with E-state index in [0.29, 0.717) is 26.5 Å². The Morgan fingerprint density at radius 3 is 2.64 bits per heavy atom. The van der Waals surface area contributed by atoms with Gasteiger partial charge in [0.2, 0.25) is 5.13 Å². The predicted molar refractivity (Wildman–Crippen MR) is 106 cm³/mol. The van der Waals surface area contributed by atoms with Gasteiger partial charge in [-0.2, -0.15) is 5.26 Å². The Balaban J connectivity index is 1.50. The summed E-state index contributed by atoms with van der Waals surface area (Å²) in [5.41, 5.74) is 1.68. The SMILES string of the molecule is CC(Oc1ccc(F)cc1)C(=O)Nc1nnc(SCc2ccc(C#N)cc2)s1. The van der Waals surface area contributed by atoms with Gasteiger partial charge in [0, 0.05) is 5.75 Å². The second-order valence-corrected chi connectivity index (χ2v) is 7.87. The number of nitrogens with zero attached hydrogens (tertiary/aromatic N) is 3. The molecule has 1 N–H and O–H groups in total. The Morgan fingerprint density at radius 2 is 1.96 bits per heavy atom. The maximum absolute atomic E-state index is 12.9. The molecule has 0 radical (unpaired) electrons. The highest BCUT2D eigenvalue weighted by molar-refractivity contribution is 8.00. The molecule has 1 atom stereocenters. The topological polar surface area (TPSA) is 87.9 Å². The number of carbonyl (C=O) groups excluding carboxylic acids is 1. The molecule has 0 spiro atoms. The van der Waals surface area contributed by atoms with E-state index in [9.17, 15) is 9.18 Å². The molecule has 1 aromatic heterocycles.